The molecule has 1 aromatic heterocycles. The van der Waals surface area contributed by atoms with E-state index in [0.29, 0.717) is 18.3 Å². The Labute approximate surface area is 107 Å². The Balaban J connectivity index is 1.81. The number of hydrogen-bond donors (Lipinski definition) is 2. The highest BCUT2D eigenvalue weighted by molar-refractivity contribution is 5.26. The Morgan fingerprint density at radius 3 is 2.67 bits per heavy atom. The van der Waals surface area contributed by atoms with Gasteiger partial charge in [-0.2, -0.15) is 0 Å². The number of aryl methyl sites for hydroxylation is 1. The van der Waals surface area contributed by atoms with Gasteiger partial charge >= 0.3 is 0 Å². The number of aromatic nitrogens is 1. The van der Waals surface area contributed by atoms with Crippen LogP contribution in [0.25, 0.3) is 0 Å². The highest BCUT2D eigenvalue weighted by atomic mass is 16.5. The third-order valence-corrected chi connectivity index (χ3v) is 2.79. The quantitative estimate of drug-likeness (QED) is 0.850. The molecule has 1 heterocycles. The van der Waals surface area contributed by atoms with Gasteiger partial charge in [-0.25, -0.2) is 0 Å². The van der Waals surface area contributed by atoms with Crippen molar-refractivity contribution in [2.45, 2.75) is 32.9 Å². The molecule has 1 atom stereocenters. The fraction of sp³-hybridized carbons (Fsp3) is 0.357. The molecule has 4 nitrogen and oxygen atoms in total. The lowest BCUT2D eigenvalue weighted by molar-refractivity contribution is 0.386. The van der Waals surface area contributed by atoms with Crippen molar-refractivity contribution in [3.63, 3.8) is 0 Å². The van der Waals surface area contributed by atoms with E-state index >= 15 is 0 Å². The first-order chi connectivity index (χ1) is 8.63. The molecule has 2 rings (SSSR count). The van der Waals surface area contributed by atoms with Crippen LogP contribution in [-0.2, 0) is 13.0 Å². The van der Waals surface area contributed by atoms with Gasteiger partial charge in [-0.3, -0.25) is 0 Å². The fourth-order valence-electron chi connectivity index (χ4n) is 1.84. The maximum Gasteiger partial charge on any atom is 0.133 e. The summed E-state index contributed by atoms with van der Waals surface area (Å²) in [5, 5.41) is 16.5. The minimum absolute atomic E-state index is 0.303. The molecule has 0 radical (unpaired) electrons. The third kappa shape index (κ3) is 3.60. The molecule has 0 spiro atoms. The highest BCUT2D eigenvalue weighted by Gasteiger charge is 2.05. The summed E-state index contributed by atoms with van der Waals surface area (Å²) in [5.41, 5.74) is 2.12. The summed E-state index contributed by atoms with van der Waals surface area (Å²) in [7, 11) is 0. The van der Waals surface area contributed by atoms with E-state index in [2.05, 4.69) is 17.4 Å². The zero-order valence-electron chi connectivity index (χ0n) is 10.7. The minimum Gasteiger partial charge on any atom is -0.508 e. The molecular weight excluding hydrogens is 228 g/mol. The highest BCUT2D eigenvalue weighted by Crippen LogP contribution is 2.11. The van der Waals surface area contributed by atoms with Gasteiger partial charge in [0.25, 0.3) is 0 Å². The van der Waals surface area contributed by atoms with E-state index in [-0.39, 0.29) is 0 Å². The van der Waals surface area contributed by atoms with Gasteiger partial charge < -0.3 is 14.9 Å². The van der Waals surface area contributed by atoms with Crippen LogP contribution in [0.4, 0.5) is 0 Å². The molecule has 2 aromatic rings. The van der Waals surface area contributed by atoms with Gasteiger partial charge in [0.1, 0.15) is 11.5 Å². The van der Waals surface area contributed by atoms with Crippen LogP contribution < -0.4 is 5.32 Å². The first kappa shape index (κ1) is 12.6. The average molecular weight is 246 g/mol. The molecule has 0 aliphatic carbocycles. The van der Waals surface area contributed by atoms with Crippen molar-refractivity contribution in [2.75, 3.05) is 0 Å². The number of rotatable bonds is 5. The van der Waals surface area contributed by atoms with E-state index in [9.17, 15) is 5.11 Å². The predicted octanol–water partition coefficient (Wildman–Crippen LogP) is 2.41. The Morgan fingerprint density at radius 1 is 1.33 bits per heavy atom. The number of hydrogen-bond acceptors (Lipinski definition) is 4. The molecule has 0 saturated heterocycles. The average Bonchev–Trinajstić information content (AvgIpc) is 2.76. The standard InChI is InChI=1S/C14H18N2O2/c1-10(7-12-3-5-14(17)6-4-12)15-9-13-8-11(2)18-16-13/h3-6,8,10,15,17H,7,9H2,1-2H3. The van der Waals surface area contributed by atoms with Crippen molar-refractivity contribution in [3.8, 4) is 5.75 Å². The first-order valence-corrected chi connectivity index (χ1v) is 6.07. The molecule has 96 valence electrons. The van der Waals surface area contributed by atoms with Gasteiger partial charge in [0.15, 0.2) is 0 Å². The second kappa shape index (κ2) is 5.69. The van der Waals surface area contributed by atoms with Gasteiger partial charge in [0.2, 0.25) is 0 Å². The van der Waals surface area contributed by atoms with Gasteiger partial charge in [0, 0.05) is 18.7 Å². The van der Waals surface area contributed by atoms with Crippen molar-refractivity contribution in [1.82, 2.24) is 10.5 Å². The van der Waals surface area contributed by atoms with Crippen LogP contribution in [-0.4, -0.2) is 16.3 Å². The van der Waals surface area contributed by atoms with Crippen molar-refractivity contribution in [2.24, 2.45) is 0 Å². The van der Waals surface area contributed by atoms with E-state index in [0.717, 1.165) is 17.9 Å². The SMILES string of the molecule is Cc1cc(CNC(C)Cc2ccc(O)cc2)no1. The Morgan fingerprint density at radius 2 is 2.06 bits per heavy atom. The monoisotopic (exact) mass is 246 g/mol. The Kier molecular flexibility index (Phi) is 3.99. The van der Waals surface area contributed by atoms with Crippen LogP contribution in [0.3, 0.4) is 0 Å². The molecule has 0 saturated carbocycles. The zero-order chi connectivity index (χ0) is 13.0. The van der Waals surface area contributed by atoms with Gasteiger partial charge in [-0.05, 0) is 38.0 Å². The summed E-state index contributed by atoms with van der Waals surface area (Å²) in [4.78, 5) is 0. The minimum atomic E-state index is 0.303. The maximum atomic E-state index is 9.21. The topological polar surface area (TPSA) is 58.3 Å². The molecular formula is C14H18N2O2. The summed E-state index contributed by atoms with van der Waals surface area (Å²) in [5.74, 6) is 1.13. The van der Waals surface area contributed by atoms with Crippen LogP contribution in [0, 0.1) is 6.92 Å². The summed E-state index contributed by atoms with van der Waals surface area (Å²) in [6.45, 7) is 4.72. The van der Waals surface area contributed by atoms with Crippen molar-refractivity contribution < 1.29 is 9.63 Å². The number of aromatic hydroxyl groups is 1. The van der Waals surface area contributed by atoms with Crippen molar-refractivity contribution in [3.05, 3.63) is 47.3 Å². The lowest BCUT2D eigenvalue weighted by Crippen LogP contribution is -2.27. The number of nitrogens with one attached hydrogen (secondary N) is 1. The molecule has 1 unspecified atom stereocenters. The largest absolute Gasteiger partial charge is 0.508 e. The zero-order valence-corrected chi connectivity index (χ0v) is 10.7. The first-order valence-electron chi connectivity index (χ1n) is 6.07. The molecule has 18 heavy (non-hydrogen) atoms. The van der Waals surface area contributed by atoms with E-state index in [1.807, 2.05) is 25.1 Å². The molecule has 0 fully saturated rings. The number of nitrogens with zero attached hydrogens (tertiary/aromatic N) is 1. The Hall–Kier alpha value is -1.81. The second-order valence-corrected chi connectivity index (χ2v) is 4.58. The Bertz CT molecular complexity index is 491. The van der Waals surface area contributed by atoms with Crippen LogP contribution in [0.15, 0.2) is 34.9 Å². The summed E-state index contributed by atoms with van der Waals surface area (Å²) >= 11 is 0. The van der Waals surface area contributed by atoms with Crippen LogP contribution in [0.5, 0.6) is 5.75 Å². The summed E-state index contributed by atoms with van der Waals surface area (Å²) < 4.78 is 5.01. The number of phenols is 1. The van der Waals surface area contributed by atoms with Crippen molar-refractivity contribution >= 4 is 0 Å². The molecule has 1 aromatic carbocycles. The van der Waals surface area contributed by atoms with E-state index in [4.69, 9.17) is 4.52 Å². The predicted molar refractivity (Wildman–Crippen MR) is 69.4 cm³/mol. The lowest BCUT2D eigenvalue weighted by atomic mass is 10.1. The van der Waals surface area contributed by atoms with Crippen molar-refractivity contribution in [1.29, 1.82) is 0 Å². The van der Waals surface area contributed by atoms with E-state index < -0.39 is 0 Å². The molecule has 0 aliphatic rings. The second-order valence-electron chi connectivity index (χ2n) is 4.58. The lowest BCUT2D eigenvalue weighted by Gasteiger charge is -2.12. The van der Waals surface area contributed by atoms with E-state index in [1.165, 1.54) is 5.56 Å². The van der Waals surface area contributed by atoms with Gasteiger partial charge in [0.05, 0.1) is 5.69 Å². The number of phenolic OH excluding ortho intramolecular Hbond substituents is 1. The van der Waals surface area contributed by atoms with Crippen LogP contribution >= 0.6 is 0 Å². The third-order valence-electron chi connectivity index (χ3n) is 2.79. The van der Waals surface area contributed by atoms with Gasteiger partial charge in [-0.15, -0.1) is 0 Å². The summed E-state index contributed by atoms with van der Waals surface area (Å²) in [6, 6.07) is 9.57. The smallest absolute Gasteiger partial charge is 0.133 e. The van der Waals surface area contributed by atoms with Crippen LogP contribution in [0.1, 0.15) is 23.9 Å². The van der Waals surface area contributed by atoms with E-state index in [1.54, 1.807) is 12.1 Å². The molecule has 0 bridgehead atoms. The van der Waals surface area contributed by atoms with Gasteiger partial charge in [-0.1, -0.05) is 17.3 Å². The molecule has 2 N–H and O–H groups in total. The molecule has 0 amide bonds. The number of benzene rings is 1. The van der Waals surface area contributed by atoms with Crippen LogP contribution in [0.2, 0.25) is 0 Å². The fourth-order valence-corrected chi connectivity index (χ4v) is 1.84. The molecule has 0 aliphatic heterocycles. The summed E-state index contributed by atoms with van der Waals surface area (Å²) in [6.07, 6.45) is 0.914. The maximum absolute atomic E-state index is 9.21. The normalized spacial score (nSPS) is 12.6. The molecule has 4 heteroatoms.